The minimum Gasteiger partial charge on any atom is -0.488 e. The van der Waals surface area contributed by atoms with Gasteiger partial charge in [-0.05, 0) is 25.5 Å². The Kier molecular flexibility index (Phi) is 3.83. The average molecular weight is 210 g/mol. The van der Waals surface area contributed by atoms with Crippen molar-refractivity contribution in [3.63, 3.8) is 0 Å². The van der Waals surface area contributed by atoms with Crippen molar-refractivity contribution >= 4 is 17.2 Å². The number of thiocarbonyl (C=S) groups is 1. The van der Waals surface area contributed by atoms with Crippen LogP contribution in [-0.2, 0) is 0 Å². The fourth-order valence-corrected chi connectivity index (χ4v) is 1.12. The normalized spacial score (nSPS) is 12.1. The van der Waals surface area contributed by atoms with Crippen LogP contribution in [-0.4, -0.2) is 16.1 Å². The standard InChI is InChI=1S/C10H14N2OS/c1-3-7(2)13-8-5-4-6-12-9(8)10(11)14/h4-7H,3H2,1-2H3,(H2,11,14). The van der Waals surface area contributed by atoms with E-state index in [0.717, 1.165) is 6.42 Å². The van der Waals surface area contributed by atoms with Gasteiger partial charge in [-0.25, -0.2) is 4.98 Å². The molecular weight excluding hydrogens is 196 g/mol. The van der Waals surface area contributed by atoms with Gasteiger partial charge in [0.05, 0.1) is 6.10 Å². The summed E-state index contributed by atoms with van der Waals surface area (Å²) in [5.74, 6) is 0.661. The van der Waals surface area contributed by atoms with Crippen LogP contribution in [0.3, 0.4) is 0 Å². The molecular formula is C10H14N2OS. The third-order valence-corrected chi connectivity index (χ3v) is 2.10. The lowest BCUT2D eigenvalue weighted by Gasteiger charge is -2.14. The molecule has 0 aliphatic heterocycles. The summed E-state index contributed by atoms with van der Waals surface area (Å²) >= 11 is 4.87. The molecule has 0 radical (unpaired) electrons. The molecule has 0 aliphatic rings. The van der Waals surface area contributed by atoms with Gasteiger partial charge in [0.15, 0.2) is 0 Å². The van der Waals surface area contributed by atoms with Gasteiger partial charge < -0.3 is 10.5 Å². The third kappa shape index (κ3) is 2.67. The summed E-state index contributed by atoms with van der Waals surface area (Å²) in [6.45, 7) is 4.05. The van der Waals surface area contributed by atoms with Crippen LogP contribution in [0.15, 0.2) is 18.3 Å². The Labute approximate surface area is 89.3 Å². The molecule has 1 aromatic heterocycles. The summed E-state index contributed by atoms with van der Waals surface area (Å²) in [5, 5.41) is 0. The molecule has 0 aromatic carbocycles. The topological polar surface area (TPSA) is 48.1 Å². The van der Waals surface area contributed by atoms with E-state index in [4.69, 9.17) is 22.7 Å². The van der Waals surface area contributed by atoms with Gasteiger partial charge in [-0.3, -0.25) is 0 Å². The van der Waals surface area contributed by atoms with Gasteiger partial charge in [0.1, 0.15) is 16.4 Å². The highest BCUT2D eigenvalue weighted by Gasteiger charge is 2.09. The van der Waals surface area contributed by atoms with Gasteiger partial charge in [-0.1, -0.05) is 19.1 Å². The molecule has 14 heavy (non-hydrogen) atoms. The monoisotopic (exact) mass is 210 g/mol. The summed E-state index contributed by atoms with van der Waals surface area (Å²) < 4.78 is 5.63. The number of nitrogens with zero attached hydrogens (tertiary/aromatic N) is 1. The number of hydrogen-bond acceptors (Lipinski definition) is 3. The zero-order chi connectivity index (χ0) is 10.6. The molecule has 1 heterocycles. The first-order valence-electron chi connectivity index (χ1n) is 4.56. The molecule has 0 spiro atoms. The van der Waals surface area contributed by atoms with E-state index in [1.807, 2.05) is 13.0 Å². The van der Waals surface area contributed by atoms with Gasteiger partial charge >= 0.3 is 0 Å². The molecule has 0 amide bonds. The zero-order valence-corrected chi connectivity index (χ0v) is 9.17. The molecule has 0 bridgehead atoms. The molecule has 4 heteroatoms. The van der Waals surface area contributed by atoms with Crippen LogP contribution >= 0.6 is 12.2 Å². The van der Waals surface area contributed by atoms with Crippen LogP contribution in [0, 0.1) is 0 Å². The van der Waals surface area contributed by atoms with Crippen molar-refractivity contribution in [2.24, 2.45) is 5.73 Å². The maximum atomic E-state index is 5.63. The molecule has 0 aliphatic carbocycles. The van der Waals surface area contributed by atoms with Crippen molar-refractivity contribution in [1.29, 1.82) is 0 Å². The van der Waals surface area contributed by atoms with Crippen LogP contribution < -0.4 is 10.5 Å². The van der Waals surface area contributed by atoms with E-state index < -0.39 is 0 Å². The van der Waals surface area contributed by atoms with Gasteiger partial charge in [-0.15, -0.1) is 0 Å². The maximum absolute atomic E-state index is 5.63. The summed E-state index contributed by atoms with van der Waals surface area (Å²) in [5.41, 5.74) is 6.08. The Morgan fingerprint density at radius 1 is 1.71 bits per heavy atom. The van der Waals surface area contributed by atoms with Crippen molar-refractivity contribution in [3.8, 4) is 5.75 Å². The van der Waals surface area contributed by atoms with E-state index in [0.29, 0.717) is 11.4 Å². The van der Waals surface area contributed by atoms with Crippen LogP contribution in [0.1, 0.15) is 26.0 Å². The smallest absolute Gasteiger partial charge is 0.148 e. The Balaban J connectivity index is 2.90. The zero-order valence-electron chi connectivity index (χ0n) is 8.36. The quantitative estimate of drug-likeness (QED) is 0.771. The molecule has 1 unspecified atom stereocenters. The highest BCUT2D eigenvalue weighted by Crippen LogP contribution is 2.17. The minimum atomic E-state index is 0.146. The first-order valence-corrected chi connectivity index (χ1v) is 4.97. The molecule has 0 fully saturated rings. The Bertz CT molecular complexity index is 328. The second kappa shape index (κ2) is 4.91. The Hall–Kier alpha value is -1.16. The fraction of sp³-hybridized carbons (Fsp3) is 0.400. The molecule has 2 N–H and O–H groups in total. The van der Waals surface area contributed by atoms with E-state index in [9.17, 15) is 0 Å². The summed E-state index contributed by atoms with van der Waals surface area (Å²) in [6.07, 6.45) is 2.73. The van der Waals surface area contributed by atoms with Crippen LogP contribution in [0.25, 0.3) is 0 Å². The maximum Gasteiger partial charge on any atom is 0.148 e. The third-order valence-electron chi connectivity index (χ3n) is 1.91. The molecule has 0 saturated heterocycles. The number of rotatable bonds is 4. The largest absolute Gasteiger partial charge is 0.488 e. The first kappa shape index (κ1) is 10.9. The Morgan fingerprint density at radius 2 is 2.43 bits per heavy atom. The van der Waals surface area contributed by atoms with Crippen molar-refractivity contribution in [2.45, 2.75) is 26.4 Å². The van der Waals surface area contributed by atoms with Crippen molar-refractivity contribution in [1.82, 2.24) is 4.98 Å². The molecule has 1 aromatic rings. The summed E-state index contributed by atoms with van der Waals surface area (Å²) in [6, 6.07) is 3.63. The predicted molar refractivity (Wildman–Crippen MR) is 60.5 cm³/mol. The second-order valence-corrected chi connectivity index (χ2v) is 3.49. The second-order valence-electron chi connectivity index (χ2n) is 3.05. The van der Waals surface area contributed by atoms with Gasteiger partial charge in [0.2, 0.25) is 0 Å². The van der Waals surface area contributed by atoms with Crippen molar-refractivity contribution < 1.29 is 4.74 Å². The number of aromatic nitrogens is 1. The lowest BCUT2D eigenvalue weighted by Crippen LogP contribution is -2.17. The fourth-order valence-electron chi connectivity index (χ4n) is 0.971. The summed E-state index contributed by atoms with van der Waals surface area (Å²) in [7, 11) is 0. The SMILES string of the molecule is CCC(C)Oc1cccnc1C(N)=S. The van der Waals surface area contributed by atoms with Crippen molar-refractivity contribution in [2.75, 3.05) is 0 Å². The highest BCUT2D eigenvalue weighted by atomic mass is 32.1. The van der Waals surface area contributed by atoms with E-state index in [-0.39, 0.29) is 11.1 Å². The highest BCUT2D eigenvalue weighted by molar-refractivity contribution is 7.80. The van der Waals surface area contributed by atoms with Crippen molar-refractivity contribution in [3.05, 3.63) is 24.0 Å². The van der Waals surface area contributed by atoms with Crippen LogP contribution in [0.2, 0.25) is 0 Å². The van der Waals surface area contributed by atoms with Gasteiger partial charge in [0, 0.05) is 6.20 Å². The minimum absolute atomic E-state index is 0.146. The molecule has 76 valence electrons. The van der Waals surface area contributed by atoms with E-state index in [1.165, 1.54) is 0 Å². The van der Waals surface area contributed by atoms with E-state index in [2.05, 4.69) is 11.9 Å². The van der Waals surface area contributed by atoms with E-state index in [1.54, 1.807) is 12.3 Å². The lowest BCUT2D eigenvalue weighted by molar-refractivity contribution is 0.216. The number of pyridine rings is 1. The average Bonchev–Trinajstić information content (AvgIpc) is 2.18. The predicted octanol–water partition coefficient (Wildman–Crippen LogP) is 1.89. The molecule has 3 nitrogen and oxygen atoms in total. The Morgan fingerprint density at radius 3 is 3.00 bits per heavy atom. The van der Waals surface area contributed by atoms with Crippen LogP contribution in [0.4, 0.5) is 0 Å². The first-order chi connectivity index (χ1) is 6.65. The summed E-state index contributed by atoms with van der Waals surface area (Å²) in [4.78, 5) is 4.34. The van der Waals surface area contributed by atoms with Crippen LogP contribution in [0.5, 0.6) is 5.75 Å². The molecule has 0 saturated carbocycles. The van der Waals surface area contributed by atoms with Gasteiger partial charge in [-0.2, -0.15) is 0 Å². The number of nitrogens with two attached hydrogens (primary N) is 1. The lowest BCUT2D eigenvalue weighted by atomic mass is 10.3. The molecule has 1 rings (SSSR count). The number of ether oxygens (including phenoxy) is 1. The molecule has 1 atom stereocenters. The van der Waals surface area contributed by atoms with E-state index >= 15 is 0 Å². The number of hydrogen-bond donors (Lipinski definition) is 1. The van der Waals surface area contributed by atoms with Gasteiger partial charge in [0.25, 0.3) is 0 Å².